The lowest BCUT2D eigenvalue weighted by atomic mass is 10.1. The van der Waals surface area contributed by atoms with E-state index < -0.39 is 12.2 Å². The third-order valence-corrected chi connectivity index (χ3v) is 3.04. The average molecular weight is 303 g/mol. The van der Waals surface area contributed by atoms with Gasteiger partial charge in [0.1, 0.15) is 6.61 Å². The van der Waals surface area contributed by atoms with Crippen LogP contribution in [-0.2, 0) is 11.3 Å². The predicted molar refractivity (Wildman–Crippen MR) is 79.4 cm³/mol. The number of alkyl carbamates (subject to hydrolysis) is 1. The largest absolute Gasteiger partial charge is 0.504 e. The van der Waals surface area contributed by atoms with E-state index in [0.717, 1.165) is 5.56 Å². The summed E-state index contributed by atoms with van der Waals surface area (Å²) < 4.78 is 5.01. The Hall–Kier alpha value is -2.73. The van der Waals surface area contributed by atoms with E-state index in [9.17, 15) is 20.1 Å². The molecule has 0 radical (unpaired) electrons. The number of nitrogens with one attached hydrogen (secondary N) is 1. The maximum Gasteiger partial charge on any atom is 0.407 e. The molecule has 4 N–H and O–H groups in total. The van der Waals surface area contributed by atoms with Crippen LogP contribution in [0.4, 0.5) is 4.79 Å². The molecular weight excluding hydrogens is 286 g/mol. The predicted octanol–water partition coefficient (Wildman–Crippen LogP) is 2.06. The first-order valence-electron chi connectivity index (χ1n) is 6.71. The first-order chi connectivity index (χ1) is 10.6. The van der Waals surface area contributed by atoms with Crippen molar-refractivity contribution in [2.75, 3.05) is 6.54 Å². The smallest absolute Gasteiger partial charge is 0.407 e. The molecule has 0 fully saturated rings. The molecule has 116 valence electrons. The maximum atomic E-state index is 11.5. The third-order valence-electron chi connectivity index (χ3n) is 3.04. The van der Waals surface area contributed by atoms with Crippen molar-refractivity contribution in [2.24, 2.45) is 0 Å². The molecule has 6 heteroatoms. The second-order valence-corrected chi connectivity index (χ2v) is 4.71. The summed E-state index contributed by atoms with van der Waals surface area (Å²) in [7, 11) is 0. The van der Waals surface area contributed by atoms with E-state index in [1.807, 2.05) is 30.3 Å². The van der Waals surface area contributed by atoms with Crippen molar-refractivity contribution in [2.45, 2.75) is 12.7 Å². The van der Waals surface area contributed by atoms with Gasteiger partial charge in [-0.2, -0.15) is 0 Å². The Morgan fingerprint density at radius 1 is 1.09 bits per heavy atom. The highest BCUT2D eigenvalue weighted by atomic mass is 16.5. The molecule has 0 saturated carbocycles. The second kappa shape index (κ2) is 7.33. The van der Waals surface area contributed by atoms with Gasteiger partial charge in [0.15, 0.2) is 11.5 Å². The first-order valence-corrected chi connectivity index (χ1v) is 6.71. The normalized spacial score (nSPS) is 11.7. The summed E-state index contributed by atoms with van der Waals surface area (Å²) in [5.74, 6) is -0.602. The van der Waals surface area contributed by atoms with Crippen molar-refractivity contribution in [3.63, 3.8) is 0 Å². The molecule has 6 nitrogen and oxygen atoms in total. The molecule has 1 atom stereocenters. The van der Waals surface area contributed by atoms with Gasteiger partial charge in [0, 0.05) is 0 Å². The number of rotatable bonds is 5. The van der Waals surface area contributed by atoms with Gasteiger partial charge in [0.25, 0.3) is 0 Å². The first kappa shape index (κ1) is 15.7. The molecule has 2 aromatic rings. The molecule has 1 unspecified atom stereocenters. The Bertz CT molecular complexity index is 630. The molecule has 2 rings (SSSR count). The lowest BCUT2D eigenvalue weighted by Crippen LogP contribution is -2.28. The summed E-state index contributed by atoms with van der Waals surface area (Å²) >= 11 is 0. The summed E-state index contributed by atoms with van der Waals surface area (Å²) in [4.78, 5) is 11.5. The zero-order chi connectivity index (χ0) is 15.9. The molecule has 0 bridgehead atoms. The fraction of sp³-hybridized carbons (Fsp3) is 0.188. The van der Waals surface area contributed by atoms with Gasteiger partial charge in [0.05, 0.1) is 12.6 Å². The van der Waals surface area contributed by atoms with Crippen LogP contribution in [0.2, 0.25) is 0 Å². The number of carbonyl (C=O) groups excluding carboxylic acids is 1. The molecule has 0 aliphatic carbocycles. The van der Waals surface area contributed by atoms with Gasteiger partial charge < -0.3 is 25.4 Å². The van der Waals surface area contributed by atoms with Crippen molar-refractivity contribution in [3.05, 3.63) is 59.7 Å². The van der Waals surface area contributed by atoms with Crippen molar-refractivity contribution >= 4 is 6.09 Å². The zero-order valence-electron chi connectivity index (χ0n) is 11.8. The van der Waals surface area contributed by atoms with Gasteiger partial charge in [-0.25, -0.2) is 4.79 Å². The highest BCUT2D eigenvalue weighted by molar-refractivity contribution is 5.67. The number of amides is 1. The van der Waals surface area contributed by atoms with Crippen molar-refractivity contribution in [1.82, 2.24) is 5.32 Å². The Labute approximate surface area is 127 Å². The number of phenolic OH excluding ortho intramolecular Hbond substituents is 2. The SMILES string of the molecule is O=C(NCC(O)c1ccc(O)c(O)c1)OCc1ccccc1. The molecule has 0 aliphatic heterocycles. The van der Waals surface area contributed by atoms with Gasteiger partial charge in [0.2, 0.25) is 0 Å². The number of aliphatic hydroxyl groups is 1. The minimum atomic E-state index is -1.02. The van der Waals surface area contributed by atoms with Crippen LogP contribution in [-0.4, -0.2) is 28.0 Å². The van der Waals surface area contributed by atoms with E-state index in [2.05, 4.69) is 5.32 Å². The summed E-state index contributed by atoms with van der Waals surface area (Å²) in [6, 6.07) is 13.2. The summed E-state index contributed by atoms with van der Waals surface area (Å²) in [6.07, 6.45) is -1.67. The number of hydrogen-bond donors (Lipinski definition) is 4. The molecule has 0 aromatic heterocycles. The van der Waals surface area contributed by atoms with E-state index in [1.54, 1.807) is 0 Å². The molecule has 2 aromatic carbocycles. The van der Waals surface area contributed by atoms with Crippen LogP contribution in [0.1, 0.15) is 17.2 Å². The molecule has 0 spiro atoms. The number of hydrogen-bond acceptors (Lipinski definition) is 5. The van der Waals surface area contributed by atoms with Crippen LogP contribution < -0.4 is 5.32 Å². The number of aliphatic hydroxyl groups excluding tert-OH is 1. The van der Waals surface area contributed by atoms with Crippen LogP contribution in [0.25, 0.3) is 0 Å². The van der Waals surface area contributed by atoms with Gasteiger partial charge in [-0.05, 0) is 23.3 Å². The summed E-state index contributed by atoms with van der Waals surface area (Å²) in [5.41, 5.74) is 1.24. The van der Waals surface area contributed by atoms with Gasteiger partial charge in [-0.1, -0.05) is 36.4 Å². The van der Waals surface area contributed by atoms with Gasteiger partial charge in [-0.3, -0.25) is 0 Å². The Balaban J connectivity index is 1.79. The highest BCUT2D eigenvalue weighted by Gasteiger charge is 2.12. The monoisotopic (exact) mass is 303 g/mol. The quantitative estimate of drug-likeness (QED) is 0.634. The van der Waals surface area contributed by atoms with Crippen molar-refractivity contribution in [1.29, 1.82) is 0 Å². The maximum absolute atomic E-state index is 11.5. The summed E-state index contributed by atoms with van der Waals surface area (Å²) in [6.45, 7) is 0.0700. The number of ether oxygens (including phenoxy) is 1. The van der Waals surface area contributed by atoms with E-state index in [1.165, 1.54) is 18.2 Å². The van der Waals surface area contributed by atoms with E-state index in [0.29, 0.717) is 5.56 Å². The second-order valence-electron chi connectivity index (χ2n) is 4.71. The standard InChI is InChI=1S/C16H17NO5/c18-13-7-6-12(8-14(13)19)15(20)9-17-16(21)22-10-11-4-2-1-3-5-11/h1-8,15,18-20H,9-10H2,(H,17,21). The molecule has 1 amide bonds. The molecule has 22 heavy (non-hydrogen) atoms. The summed E-state index contributed by atoms with van der Waals surface area (Å²) in [5, 5.41) is 30.9. The minimum Gasteiger partial charge on any atom is -0.504 e. The van der Waals surface area contributed by atoms with Gasteiger partial charge in [-0.15, -0.1) is 0 Å². The Kier molecular flexibility index (Phi) is 5.21. The van der Waals surface area contributed by atoms with E-state index >= 15 is 0 Å². The van der Waals surface area contributed by atoms with Crippen LogP contribution in [0.5, 0.6) is 11.5 Å². The lowest BCUT2D eigenvalue weighted by Gasteiger charge is -2.13. The minimum absolute atomic E-state index is 0.0716. The van der Waals surface area contributed by atoms with Crippen LogP contribution >= 0.6 is 0 Å². The van der Waals surface area contributed by atoms with Crippen molar-refractivity contribution in [3.8, 4) is 11.5 Å². The van der Waals surface area contributed by atoms with Gasteiger partial charge >= 0.3 is 6.09 Å². The third kappa shape index (κ3) is 4.39. The zero-order valence-corrected chi connectivity index (χ0v) is 11.8. The lowest BCUT2D eigenvalue weighted by molar-refractivity contribution is 0.126. The van der Waals surface area contributed by atoms with Crippen molar-refractivity contribution < 1.29 is 24.9 Å². The Morgan fingerprint density at radius 2 is 1.82 bits per heavy atom. The highest BCUT2D eigenvalue weighted by Crippen LogP contribution is 2.27. The number of benzene rings is 2. The number of aromatic hydroxyl groups is 2. The molecule has 0 heterocycles. The fourth-order valence-corrected chi connectivity index (χ4v) is 1.82. The average Bonchev–Trinajstić information content (AvgIpc) is 2.54. The fourth-order valence-electron chi connectivity index (χ4n) is 1.82. The molecule has 0 saturated heterocycles. The Morgan fingerprint density at radius 3 is 2.50 bits per heavy atom. The molecular formula is C16H17NO5. The van der Waals surface area contributed by atoms with E-state index in [4.69, 9.17) is 4.74 Å². The topological polar surface area (TPSA) is 99.0 Å². The van der Waals surface area contributed by atoms with Crippen LogP contribution in [0, 0.1) is 0 Å². The van der Waals surface area contributed by atoms with E-state index in [-0.39, 0.29) is 24.7 Å². The van der Waals surface area contributed by atoms with Crippen LogP contribution in [0.15, 0.2) is 48.5 Å². The number of carbonyl (C=O) groups is 1. The molecule has 0 aliphatic rings. The number of phenols is 2. The van der Waals surface area contributed by atoms with Crippen LogP contribution in [0.3, 0.4) is 0 Å².